The lowest BCUT2D eigenvalue weighted by atomic mass is 10.1. The Balaban J connectivity index is 2.33. The van der Waals surface area contributed by atoms with Crippen LogP contribution in [0.5, 0.6) is 0 Å². The standard InChI is InChI=1S/C14H12N4O2/c1-9-5-6-17(16-9)14-7-10(2)15-13-4-3-11(18(19)20)8-12(13)14/h3-8H,1-2H3. The maximum atomic E-state index is 10.9. The summed E-state index contributed by atoms with van der Waals surface area (Å²) in [5.41, 5.74) is 3.30. The maximum Gasteiger partial charge on any atom is 0.270 e. The van der Waals surface area contributed by atoms with E-state index in [-0.39, 0.29) is 5.69 Å². The van der Waals surface area contributed by atoms with E-state index in [9.17, 15) is 10.1 Å². The molecular weight excluding hydrogens is 256 g/mol. The fourth-order valence-corrected chi connectivity index (χ4v) is 2.18. The van der Waals surface area contributed by atoms with Crippen LogP contribution in [0.4, 0.5) is 5.69 Å². The van der Waals surface area contributed by atoms with Gasteiger partial charge in [0.2, 0.25) is 0 Å². The molecule has 2 heterocycles. The molecule has 0 radical (unpaired) electrons. The first kappa shape index (κ1) is 12.3. The fraction of sp³-hybridized carbons (Fsp3) is 0.143. The summed E-state index contributed by atoms with van der Waals surface area (Å²) >= 11 is 0. The van der Waals surface area contributed by atoms with E-state index >= 15 is 0 Å². The highest BCUT2D eigenvalue weighted by Crippen LogP contribution is 2.26. The number of nitrogens with zero attached hydrogens (tertiary/aromatic N) is 4. The highest BCUT2D eigenvalue weighted by Gasteiger charge is 2.12. The number of pyridine rings is 1. The van der Waals surface area contributed by atoms with Gasteiger partial charge in [0.1, 0.15) is 0 Å². The van der Waals surface area contributed by atoms with Gasteiger partial charge in [-0.1, -0.05) is 0 Å². The molecule has 0 aliphatic carbocycles. The smallest absolute Gasteiger partial charge is 0.258 e. The molecule has 0 atom stereocenters. The molecule has 0 bridgehead atoms. The first-order valence-electron chi connectivity index (χ1n) is 6.13. The van der Waals surface area contributed by atoms with E-state index in [4.69, 9.17) is 0 Å². The second-order valence-corrected chi connectivity index (χ2v) is 4.64. The molecule has 6 nitrogen and oxygen atoms in total. The Bertz CT molecular complexity index is 823. The van der Waals surface area contributed by atoms with Crippen molar-refractivity contribution in [3.05, 3.63) is 58.0 Å². The first-order chi connectivity index (χ1) is 9.54. The predicted molar refractivity (Wildman–Crippen MR) is 75.0 cm³/mol. The van der Waals surface area contributed by atoms with Crippen LogP contribution in [0.25, 0.3) is 16.6 Å². The van der Waals surface area contributed by atoms with Crippen LogP contribution < -0.4 is 0 Å². The van der Waals surface area contributed by atoms with Crippen LogP contribution in [-0.4, -0.2) is 19.7 Å². The van der Waals surface area contributed by atoms with Gasteiger partial charge >= 0.3 is 0 Å². The lowest BCUT2D eigenvalue weighted by Crippen LogP contribution is -1.99. The highest BCUT2D eigenvalue weighted by atomic mass is 16.6. The number of fused-ring (bicyclic) bond motifs is 1. The predicted octanol–water partition coefficient (Wildman–Crippen LogP) is 2.95. The van der Waals surface area contributed by atoms with Crippen molar-refractivity contribution in [2.24, 2.45) is 0 Å². The van der Waals surface area contributed by atoms with Gasteiger partial charge in [0.25, 0.3) is 5.69 Å². The molecule has 0 unspecified atom stereocenters. The zero-order valence-electron chi connectivity index (χ0n) is 11.1. The van der Waals surface area contributed by atoms with Crippen molar-refractivity contribution in [2.45, 2.75) is 13.8 Å². The van der Waals surface area contributed by atoms with Gasteiger partial charge in [0, 0.05) is 29.4 Å². The average molecular weight is 268 g/mol. The normalized spacial score (nSPS) is 10.9. The number of benzene rings is 1. The van der Waals surface area contributed by atoms with Crippen molar-refractivity contribution in [1.29, 1.82) is 0 Å². The van der Waals surface area contributed by atoms with E-state index < -0.39 is 4.92 Å². The van der Waals surface area contributed by atoms with Crippen molar-refractivity contribution in [3.63, 3.8) is 0 Å². The number of rotatable bonds is 2. The van der Waals surface area contributed by atoms with Crippen LogP contribution in [-0.2, 0) is 0 Å². The van der Waals surface area contributed by atoms with Crippen LogP contribution >= 0.6 is 0 Å². The fourth-order valence-electron chi connectivity index (χ4n) is 2.18. The second kappa shape index (κ2) is 4.41. The van der Waals surface area contributed by atoms with Crippen molar-refractivity contribution in [3.8, 4) is 5.69 Å². The Morgan fingerprint density at radius 2 is 1.95 bits per heavy atom. The van der Waals surface area contributed by atoms with Gasteiger partial charge in [-0.15, -0.1) is 0 Å². The SMILES string of the molecule is Cc1cc(-n2ccc(C)n2)c2cc([N+](=O)[O-])ccc2n1. The molecule has 0 saturated carbocycles. The Labute approximate surface area is 114 Å². The summed E-state index contributed by atoms with van der Waals surface area (Å²) in [5, 5.41) is 16.0. The number of hydrogen-bond acceptors (Lipinski definition) is 4. The molecule has 3 rings (SSSR count). The van der Waals surface area contributed by atoms with E-state index in [0.717, 1.165) is 22.6 Å². The van der Waals surface area contributed by atoms with E-state index in [1.165, 1.54) is 12.1 Å². The number of nitro benzene ring substituents is 1. The van der Waals surface area contributed by atoms with Crippen LogP contribution in [0.1, 0.15) is 11.4 Å². The Morgan fingerprint density at radius 3 is 2.60 bits per heavy atom. The Hall–Kier alpha value is -2.76. The number of nitro groups is 1. The third-order valence-corrected chi connectivity index (χ3v) is 3.08. The molecule has 3 aromatic rings. The lowest BCUT2D eigenvalue weighted by Gasteiger charge is -2.08. The van der Waals surface area contributed by atoms with E-state index in [1.807, 2.05) is 32.2 Å². The lowest BCUT2D eigenvalue weighted by molar-refractivity contribution is -0.384. The molecule has 0 N–H and O–H groups in total. The number of aryl methyl sites for hydroxylation is 2. The summed E-state index contributed by atoms with van der Waals surface area (Å²) in [7, 11) is 0. The molecule has 6 heteroatoms. The molecule has 0 fully saturated rings. The van der Waals surface area contributed by atoms with Crippen molar-refractivity contribution < 1.29 is 4.92 Å². The van der Waals surface area contributed by atoms with Gasteiger partial charge in [0.15, 0.2) is 0 Å². The minimum absolute atomic E-state index is 0.0493. The van der Waals surface area contributed by atoms with E-state index in [1.54, 1.807) is 10.7 Å². The van der Waals surface area contributed by atoms with Gasteiger partial charge in [0.05, 0.1) is 21.8 Å². The van der Waals surface area contributed by atoms with E-state index in [0.29, 0.717) is 5.39 Å². The number of hydrogen-bond donors (Lipinski definition) is 0. The second-order valence-electron chi connectivity index (χ2n) is 4.64. The molecular formula is C14H12N4O2. The molecule has 0 aliphatic heterocycles. The third-order valence-electron chi connectivity index (χ3n) is 3.08. The Morgan fingerprint density at radius 1 is 1.15 bits per heavy atom. The van der Waals surface area contributed by atoms with E-state index in [2.05, 4.69) is 10.1 Å². The highest BCUT2D eigenvalue weighted by molar-refractivity contribution is 5.89. The summed E-state index contributed by atoms with van der Waals surface area (Å²) in [6, 6.07) is 8.43. The summed E-state index contributed by atoms with van der Waals surface area (Å²) in [5.74, 6) is 0. The molecule has 20 heavy (non-hydrogen) atoms. The van der Waals surface area contributed by atoms with Crippen molar-refractivity contribution in [2.75, 3.05) is 0 Å². The summed E-state index contributed by atoms with van der Waals surface area (Å²) in [6.45, 7) is 3.79. The largest absolute Gasteiger partial charge is 0.270 e. The quantitative estimate of drug-likeness (QED) is 0.529. The molecule has 100 valence electrons. The average Bonchev–Trinajstić information content (AvgIpc) is 2.83. The van der Waals surface area contributed by atoms with Gasteiger partial charge in [-0.2, -0.15) is 5.10 Å². The van der Waals surface area contributed by atoms with Crippen molar-refractivity contribution in [1.82, 2.24) is 14.8 Å². The van der Waals surface area contributed by atoms with Gasteiger partial charge in [-0.25, -0.2) is 4.68 Å². The van der Waals surface area contributed by atoms with Gasteiger partial charge in [-0.05, 0) is 32.0 Å². The summed E-state index contributed by atoms with van der Waals surface area (Å²) < 4.78 is 1.72. The summed E-state index contributed by atoms with van der Waals surface area (Å²) in [6.07, 6.45) is 1.84. The molecule has 0 amide bonds. The minimum Gasteiger partial charge on any atom is -0.258 e. The van der Waals surface area contributed by atoms with Crippen molar-refractivity contribution >= 4 is 16.6 Å². The molecule has 2 aromatic heterocycles. The summed E-state index contributed by atoms with van der Waals surface area (Å²) in [4.78, 5) is 14.9. The van der Waals surface area contributed by atoms with Crippen LogP contribution in [0, 0.1) is 24.0 Å². The molecule has 0 spiro atoms. The van der Waals surface area contributed by atoms with Crippen LogP contribution in [0.2, 0.25) is 0 Å². The van der Waals surface area contributed by atoms with Gasteiger partial charge < -0.3 is 0 Å². The molecule has 0 saturated heterocycles. The van der Waals surface area contributed by atoms with Crippen LogP contribution in [0.15, 0.2) is 36.5 Å². The molecule has 0 aliphatic rings. The minimum atomic E-state index is -0.405. The monoisotopic (exact) mass is 268 g/mol. The maximum absolute atomic E-state index is 10.9. The zero-order valence-corrected chi connectivity index (χ0v) is 11.1. The first-order valence-corrected chi connectivity index (χ1v) is 6.13. The Kier molecular flexibility index (Phi) is 2.71. The number of non-ortho nitro benzene ring substituents is 1. The molecule has 1 aromatic carbocycles. The number of aromatic nitrogens is 3. The van der Waals surface area contributed by atoms with Crippen LogP contribution in [0.3, 0.4) is 0 Å². The third kappa shape index (κ3) is 2.01. The zero-order chi connectivity index (χ0) is 14.3. The van der Waals surface area contributed by atoms with Gasteiger partial charge in [-0.3, -0.25) is 15.1 Å². The topological polar surface area (TPSA) is 73.8 Å².